The average molecular weight is 360 g/mol. The first-order valence-electron chi connectivity index (χ1n) is 10.6. The molecule has 2 heterocycles. The number of hydrogen-bond acceptors (Lipinski definition) is 3. The minimum atomic E-state index is 0.141. The van der Waals surface area contributed by atoms with Crippen LogP contribution in [0.25, 0.3) is 0 Å². The van der Waals surface area contributed by atoms with Crippen molar-refractivity contribution in [2.24, 2.45) is 4.99 Å². The van der Waals surface area contributed by atoms with E-state index in [1.165, 1.54) is 51.4 Å². The van der Waals surface area contributed by atoms with Crippen molar-refractivity contribution in [1.29, 1.82) is 0 Å². The monoisotopic (exact) mass is 359 g/mol. The van der Waals surface area contributed by atoms with Gasteiger partial charge in [0.2, 0.25) is 0 Å². The second-order valence-corrected chi connectivity index (χ2v) is 8.26. The Hall–Kier alpha value is -1.49. The highest BCUT2D eigenvalue weighted by molar-refractivity contribution is 5.80. The lowest BCUT2D eigenvalue weighted by atomic mass is 9.89. The fourth-order valence-electron chi connectivity index (χ4n) is 4.84. The Morgan fingerprint density at radius 1 is 1.08 bits per heavy atom. The first-order chi connectivity index (χ1) is 12.8. The van der Waals surface area contributed by atoms with Gasteiger partial charge in [-0.2, -0.15) is 0 Å². The minimum Gasteiger partial charge on any atom is -0.469 e. The van der Waals surface area contributed by atoms with Crippen LogP contribution in [0.1, 0.15) is 70.0 Å². The second-order valence-electron chi connectivity index (χ2n) is 8.26. The highest BCUT2D eigenvalue weighted by atomic mass is 16.5. The molecule has 1 spiro atoms. The molecule has 0 bridgehead atoms. The molecular weight excluding hydrogens is 326 g/mol. The van der Waals surface area contributed by atoms with Gasteiger partial charge in [0, 0.05) is 31.7 Å². The molecule has 144 valence electrons. The SMILES string of the molecule is c1coc(CCN=C(NC2CCCC2)NC2CCOC3(CCCC3)C2)c1. The number of nitrogens with one attached hydrogen (secondary N) is 2. The zero-order valence-corrected chi connectivity index (χ0v) is 15.8. The molecule has 1 saturated heterocycles. The van der Waals surface area contributed by atoms with Crippen molar-refractivity contribution < 1.29 is 9.15 Å². The summed E-state index contributed by atoms with van der Waals surface area (Å²) in [6.07, 6.45) is 15.1. The van der Waals surface area contributed by atoms with Crippen LogP contribution in [-0.4, -0.2) is 36.8 Å². The lowest BCUT2D eigenvalue weighted by Crippen LogP contribution is -2.52. The van der Waals surface area contributed by atoms with E-state index in [-0.39, 0.29) is 5.60 Å². The molecule has 1 unspecified atom stereocenters. The minimum absolute atomic E-state index is 0.141. The Morgan fingerprint density at radius 2 is 1.88 bits per heavy atom. The van der Waals surface area contributed by atoms with Crippen molar-refractivity contribution in [3.63, 3.8) is 0 Å². The van der Waals surface area contributed by atoms with Gasteiger partial charge in [0.1, 0.15) is 5.76 Å². The van der Waals surface area contributed by atoms with E-state index in [0.717, 1.165) is 44.1 Å². The molecule has 3 aliphatic rings. The maximum Gasteiger partial charge on any atom is 0.191 e. The Balaban J connectivity index is 1.36. The Morgan fingerprint density at radius 3 is 2.65 bits per heavy atom. The van der Waals surface area contributed by atoms with Crippen LogP contribution in [0.15, 0.2) is 27.8 Å². The van der Waals surface area contributed by atoms with E-state index in [2.05, 4.69) is 10.6 Å². The summed E-state index contributed by atoms with van der Waals surface area (Å²) < 4.78 is 11.6. The van der Waals surface area contributed by atoms with Gasteiger partial charge in [-0.15, -0.1) is 0 Å². The van der Waals surface area contributed by atoms with Gasteiger partial charge in [-0.25, -0.2) is 0 Å². The Kier molecular flexibility index (Phi) is 5.83. The standard InChI is InChI=1S/C21H33N3O2/c1-2-7-17(6-1)23-20(22-13-9-19-8-5-14-25-19)24-18-10-15-26-21(16-18)11-3-4-12-21/h5,8,14,17-18H,1-4,6-7,9-13,15-16H2,(H2,22,23,24). The molecule has 1 aromatic heterocycles. The van der Waals surface area contributed by atoms with Crippen LogP contribution in [-0.2, 0) is 11.2 Å². The summed E-state index contributed by atoms with van der Waals surface area (Å²) >= 11 is 0. The van der Waals surface area contributed by atoms with Crippen LogP contribution in [0.4, 0.5) is 0 Å². The molecule has 0 radical (unpaired) electrons. The van der Waals surface area contributed by atoms with E-state index in [4.69, 9.17) is 14.1 Å². The molecule has 2 aliphatic carbocycles. The van der Waals surface area contributed by atoms with E-state index in [9.17, 15) is 0 Å². The molecule has 3 fully saturated rings. The Labute approximate surface area is 157 Å². The summed E-state index contributed by atoms with van der Waals surface area (Å²) in [7, 11) is 0. The predicted molar refractivity (Wildman–Crippen MR) is 103 cm³/mol. The van der Waals surface area contributed by atoms with Gasteiger partial charge in [-0.05, 0) is 50.7 Å². The summed E-state index contributed by atoms with van der Waals surface area (Å²) in [6, 6.07) is 5.01. The van der Waals surface area contributed by atoms with E-state index >= 15 is 0 Å². The van der Waals surface area contributed by atoms with Crippen LogP contribution < -0.4 is 10.6 Å². The van der Waals surface area contributed by atoms with Crippen molar-refractivity contribution in [2.45, 2.75) is 88.3 Å². The van der Waals surface area contributed by atoms with Gasteiger partial charge in [0.05, 0.1) is 11.9 Å². The van der Waals surface area contributed by atoms with Gasteiger partial charge in [0.15, 0.2) is 5.96 Å². The molecule has 1 aliphatic heterocycles. The third kappa shape index (κ3) is 4.61. The van der Waals surface area contributed by atoms with Crippen LogP contribution in [0.3, 0.4) is 0 Å². The van der Waals surface area contributed by atoms with Crippen LogP contribution in [0.5, 0.6) is 0 Å². The van der Waals surface area contributed by atoms with E-state index in [1.807, 2.05) is 12.1 Å². The third-order valence-electron chi connectivity index (χ3n) is 6.25. The summed E-state index contributed by atoms with van der Waals surface area (Å²) in [5.74, 6) is 1.99. The van der Waals surface area contributed by atoms with E-state index in [1.54, 1.807) is 6.26 Å². The third-order valence-corrected chi connectivity index (χ3v) is 6.25. The van der Waals surface area contributed by atoms with Gasteiger partial charge in [-0.3, -0.25) is 4.99 Å². The highest BCUT2D eigenvalue weighted by Gasteiger charge is 2.40. The number of guanidine groups is 1. The van der Waals surface area contributed by atoms with Gasteiger partial charge >= 0.3 is 0 Å². The number of aliphatic imine (C=N–C) groups is 1. The fraction of sp³-hybridized carbons (Fsp3) is 0.762. The van der Waals surface area contributed by atoms with Gasteiger partial charge in [-0.1, -0.05) is 25.7 Å². The lowest BCUT2D eigenvalue weighted by Gasteiger charge is -2.39. The molecular formula is C21H33N3O2. The molecule has 0 aromatic carbocycles. The molecule has 5 nitrogen and oxygen atoms in total. The van der Waals surface area contributed by atoms with Crippen molar-refractivity contribution >= 4 is 5.96 Å². The summed E-state index contributed by atoms with van der Waals surface area (Å²) in [5, 5.41) is 7.43. The zero-order chi connectivity index (χ0) is 17.7. The maximum atomic E-state index is 6.19. The lowest BCUT2D eigenvalue weighted by molar-refractivity contribution is -0.0815. The molecule has 4 rings (SSSR count). The molecule has 2 N–H and O–H groups in total. The van der Waals surface area contributed by atoms with Crippen molar-refractivity contribution in [2.75, 3.05) is 13.2 Å². The summed E-state index contributed by atoms with van der Waals surface area (Å²) in [6.45, 7) is 1.63. The predicted octanol–water partition coefficient (Wildman–Crippen LogP) is 3.79. The average Bonchev–Trinajstić information content (AvgIpc) is 3.39. The zero-order valence-electron chi connectivity index (χ0n) is 15.8. The van der Waals surface area contributed by atoms with Crippen molar-refractivity contribution in [3.05, 3.63) is 24.2 Å². The van der Waals surface area contributed by atoms with Crippen LogP contribution in [0, 0.1) is 0 Å². The quantitative estimate of drug-likeness (QED) is 0.620. The van der Waals surface area contributed by atoms with Gasteiger partial charge in [0.25, 0.3) is 0 Å². The second kappa shape index (κ2) is 8.47. The van der Waals surface area contributed by atoms with Crippen LogP contribution >= 0.6 is 0 Å². The number of rotatable bonds is 5. The smallest absolute Gasteiger partial charge is 0.191 e. The Bertz CT molecular complexity index is 572. The molecule has 2 saturated carbocycles. The normalized spacial score (nSPS) is 26.5. The molecule has 1 aromatic rings. The van der Waals surface area contributed by atoms with E-state index in [0.29, 0.717) is 12.1 Å². The van der Waals surface area contributed by atoms with Crippen LogP contribution in [0.2, 0.25) is 0 Å². The van der Waals surface area contributed by atoms with Crippen molar-refractivity contribution in [1.82, 2.24) is 10.6 Å². The summed E-state index contributed by atoms with van der Waals surface area (Å²) in [5.41, 5.74) is 0.141. The maximum absolute atomic E-state index is 6.19. The molecule has 1 atom stereocenters. The number of furan rings is 1. The number of nitrogens with zero attached hydrogens (tertiary/aromatic N) is 1. The van der Waals surface area contributed by atoms with Crippen molar-refractivity contribution in [3.8, 4) is 0 Å². The largest absolute Gasteiger partial charge is 0.469 e. The molecule has 0 amide bonds. The summed E-state index contributed by atoms with van der Waals surface area (Å²) in [4.78, 5) is 4.86. The topological polar surface area (TPSA) is 58.8 Å². The molecule has 26 heavy (non-hydrogen) atoms. The van der Waals surface area contributed by atoms with Gasteiger partial charge < -0.3 is 19.8 Å². The highest BCUT2D eigenvalue weighted by Crippen LogP contribution is 2.39. The fourth-order valence-corrected chi connectivity index (χ4v) is 4.84. The number of hydrogen-bond donors (Lipinski definition) is 2. The first kappa shape index (κ1) is 17.9. The number of ether oxygens (including phenoxy) is 1. The first-order valence-corrected chi connectivity index (χ1v) is 10.6. The molecule has 5 heteroatoms. The van der Waals surface area contributed by atoms with E-state index < -0.39 is 0 Å².